The van der Waals surface area contributed by atoms with Gasteiger partial charge in [-0.3, -0.25) is 0 Å². The number of nitrogens with zero attached hydrogens (tertiary/aromatic N) is 2. The fourth-order valence-corrected chi connectivity index (χ4v) is 4.17. The topological polar surface area (TPSA) is 36.3 Å². The van der Waals surface area contributed by atoms with Gasteiger partial charge in [0.2, 0.25) is 0 Å². The molecule has 0 amide bonds. The summed E-state index contributed by atoms with van der Waals surface area (Å²) >= 11 is 0. The Morgan fingerprint density at radius 3 is 1.85 bits per heavy atom. The van der Waals surface area contributed by atoms with Crippen LogP contribution in [-0.2, 0) is 6.54 Å². The lowest BCUT2D eigenvalue weighted by atomic mass is 10.0. The van der Waals surface area contributed by atoms with Gasteiger partial charge in [0, 0.05) is 23.2 Å². The number of imidazole rings is 1. The highest BCUT2D eigenvalue weighted by atomic mass is 16.5. The summed E-state index contributed by atoms with van der Waals surface area (Å²) in [4.78, 5) is 5.21. The minimum atomic E-state index is 0.840. The van der Waals surface area contributed by atoms with Crippen molar-refractivity contribution < 1.29 is 9.47 Å². The molecule has 0 atom stereocenters. The second-order valence-electron chi connectivity index (χ2n) is 8.17. The molecule has 0 fully saturated rings. The van der Waals surface area contributed by atoms with Crippen LogP contribution in [0, 0.1) is 0 Å². The lowest BCUT2D eigenvalue weighted by molar-refractivity contribution is 0.414. The number of methoxy groups -OCH3 is 2. The highest BCUT2D eigenvalue weighted by Gasteiger charge is 2.21. The Hall–Kier alpha value is -3.53. The van der Waals surface area contributed by atoms with Crippen molar-refractivity contribution in [1.29, 1.82) is 0 Å². The molecule has 4 rings (SSSR count). The number of aromatic nitrogens is 2. The summed E-state index contributed by atoms with van der Waals surface area (Å²) in [7, 11) is 3.39. The maximum absolute atomic E-state index is 5.41. The third-order valence-electron chi connectivity index (χ3n) is 5.96. The van der Waals surface area contributed by atoms with Crippen molar-refractivity contribution in [3.8, 4) is 45.4 Å². The molecular weight excluding hydrogens is 408 g/mol. The van der Waals surface area contributed by atoms with E-state index in [0.717, 1.165) is 58.4 Å². The summed E-state index contributed by atoms with van der Waals surface area (Å²) in [5.74, 6) is 2.69. The van der Waals surface area contributed by atoms with Crippen molar-refractivity contribution >= 4 is 0 Å². The van der Waals surface area contributed by atoms with Crippen molar-refractivity contribution in [3.05, 3.63) is 78.9 Å². The van der Waals surface area contributed by atoms with Gasteiger partial charge in [0.15, 0.2) is 0 Å². The molecule has 0 bridgehead atoms. The van der Waals surface area contributed by atoms with Crippen LogP contribution >= 0.6 is 0 Å². The monoisotopic (exact) mass is 440 g/mol. The highest BCUT2D eigenvalue weighted by Crippen LogP contribution is 2.37. The van der Waals surface area contributed by atoms with Gasteiger partial charge in [-0.05, 0) is 55.0 Å². The first-order chi connectivity index (χ1) is 16.2. The number of hydrogen-bond donors (Lipinski definition) is 0. The molecule has 4 aromatic rings. The molecule has 0 saturated heterocycles. The van der Waals surface area contributed by atoms with E-state index in [4.69, 9.17) is 14.5 Å². The van der Waals surface area contributed by atoms with Crippen LogP contribution in [0.2, 0.25) is 0 Å². The average Bonchev–Trinajstić information content (AvgIpc) is 3.26. The van der Waals surface area contributed by atoms with Gasteiger partial charge >= 0.3 is 0 Å². The van der Waals surface area contributed by atoms with E-state index in [-0.39, 0.29) is 0 Å². The second kappa shape index (κ2) is 10.9. The Labute approximate surface area is 196 Å². The fraction of sp³-hybridized carbons (Fsp3) is 0.276. The number of ether oxygens (including phenoxy) is 2. The zero-order valence-electron chi connectivity index (χ0n) is 19.8. The van der Waals surface area contributed by atoms with E-state index in [1.165, 1.54) is 19.3 Å². The molecule has 0 aliphatic rings. The van der Waals surface area contributed by atoms with Crippen LogP contribution < -0.4 is 9.47 Å². The first-order valence-electron chi connectivity index (χ1n) is 11.7. The number of hydrogen-bond acceptors (Lipinski definition) is 3. The minimum absolute atomic E-state index is 0.840. The van der Waals surface area contributed by atoms with Crippen molar-refractivity contribution in [1.82, 2.24) is 9.55 Å². The number of unbranched alkanes of at least 4 members (excludes halogenated alkanes) is 3. The largest absolute Gasteiger partial charge is 0.497 e. The molecule has 0 N–H and O–H groups in total. The maximum Gasteiger partial charge on any atom is 0.141 e. The van der Waals surface area contributed by atoms with Gasteiger partial charge < -0.3 is 14.0 Å². The molecule has 0 aliphatic heterocycles. The van der Waals surface area contributed by atoms with E-state index in [1.807, 2.05) is 30.3 Å². The van der Waals surface area contributed by atoms with Crippen LogP contribution in [0.5, 0.6) is 11.5 Å². The highest BCUT2D eigenvalue weighted by molar-refractivity contribution is 5.82. The predicted molar refractivity (Wildman–Crippen MR) is 136 cm³/mol. The average molecular weight is 441 g/mol. The van der Waals surface area contributed by atoms with Crippen LogP contribution in [0.1, 0.15) is 32.6 Å². The summed E-state index contributed by atoms with van der Waals surface area (Å²) in [6.07, 6.45) is 4.80. The summed E-state index contributed by atoms with van der Waals surface area (Å²) < 4.78 is 13.2. The Morgan fingerprint density at radius 2 is 1.27 bits per heavy atom. The normalized spacial score (nSPS) is 10.9. The van der Waals surface area contributed by atoms with Crippen molar-refractivity contribution in [2.45, 2.75) is 39.2 Å². The number of rotatable bonds is 10. The van der Waals surface area contributed by atoms with Crippen LogP contribution in [-0.4, -0.2) is 23.8 Å². The van der Waals surface area contributed by atoms with E-state index >= 15 is 0 Å². The second-order valence-corrected chi connectivity index (χ2v) is 8.17. The van der Waals surface area contributed by atoms with Gasteiger partial charge in [-0.15, -0.1) is 0 Å². The van der Waals surface area contributed by atoms with Gasteiger partial charge in [-0.2, -0.15) is 0 Å². The Kier molecular flexibility index (Phi) is 7.46. The van der Waals surface area contributed by atoms with E-state index in [0.29, 0.717) is 0 Å². The molecule has 0 spiro atoms. The standard InChI is InChI=1S/C29H32N2O2/c1-4-5-6-10-21-31-28(23-15-19-26(33-3)20-16-23)27(22-13-17-25(32-2)18-14-22)30-29(31)24-11-8-7-9-12-24/h7-9,11-20H,4-6,10,21H2,1-3H3. The number of benzene rings is 3. The molecule has 3 aromatic carbocycles. The summed E-state index contributed by atoms with van der Waals surface area (Å²) in [6, 6.07) is 26.9. The Balaban J connectivity index is 1.90. The smallest absolute Gasteiger partial charge is 0.141 e. The van der Waals surface area contributed by atoms with Crippen LogP contribution in [0.3, 0.4) is 0 Å². The van der Waals surface area contributed by atoms with Gasteiger partial charge in [-0.1, -0.05) is 56.5 Å². The van der Waals surface area contributed by atoms with Crippen LogP contribution in [0.25, 0.3) is 33.9 Å². The molecule has 1 heterocycles. The zero-order valence-corrected chi connectivity index (χ0v) is 19.8. The molecule has 170 valence electrons. The van der Waals surface area contributed by atoms with Gasteiger partial charge in [-0.25, -0.2) is 4.98 Å². The summed E-state index contributed by atoms with van der Waals surface area (Å²) in [5, 5.41) is 0. The van der Waals surface area contributed by atoms with Gasteiger partial charge in [0.1, 0.15) is 17.3 Å². The quantitative estimate of drug-likeness (QED) is 0.240. The first kappa shape index (κ1) is 22.7. The molecule has 0 saturated carbocycles. The van der Waals surface area contributed by atoms with Crippen molar-refractivity contribution in [2.24, 2.45) is 0 Å². The molecule has 1 aromatic heterocycles. The molecule has 33 heavy (non-hydrogen) atoms. The molecule has 0 aliphatic carbocycles. The lowest BCUT2D eigenvalue weighted by Gasteiger charge is -2.14. The first-order valence-corrected chi connectivity index (χ1v) is 11.7. The van der Waals surface area contributed by atoms with E-state index < -0.39 is 0 Å². The van der Waals surface area contributed by atoms with Crippen LogP contribution in [0.4, 0.5) is 0 Å². The molecule has 0 radical (unpaired) electrons. The zero-order chi connectivity index (χ0) is 23.0. The van der Waals surface area contributed by atoms with Crippen LogP contribution in [0.15, 0.2) is 78.9 Å². The Morgan fingerprint density at radius 1 is 0.667 bits per heavy atom. The van der Waals surface area contributed by atoms with Crippen molar-refractivity contribution in [2.75, 3.05) is 14.2 Å². The van der Waals surface area contributed by atoms with Gasteiger partial charge in [0.25, 0.3) is 0 Å². The molecule has 4 nitrogen and oxygen atoms in total. The summed E-state index contributed by atoms with van der Waals surface area (Å²) in [6.45, 7) is 3.17. The SMILES string of the molecule is CCCCCCn1c(-c2ccccc2)nc(-c2ccc(OC)cc2)c1-c1ccc(OC)cc1. The van der Waals surface area contributed by atoms with Crippen molar-refractivity contribution in [3.63, 3.8) is 0 Å². The van der Waals surface area contributed by atoms with Gasteiger partial charge in [0.05, 0.1) is 25.6 Å². The molecule has 4 heteroatoms. The molecular formula is C29H32N2O2. The third kappa shape index (κ3) is 5.11. The fourth-order valence-electron chi connectivity index (χ4n) is 4.17. The maximum atomic E-state index is 5.41. The lowest BCUT2D eigenvalue weighted by Crippen LogP contribution is -2.03. The molecule has 0 unspecified atom stereocenters. The van der Waals surface area contributed by atoms with E-state index in [9.17, 15) is 0 Å². The Bertz CT molecular complexity index is 1150. The van der Waals surface area contributed by atoms with E-state index in [1.54, 1.807) is 14.2 Å². The minimum Gasteiger partial charge on any atom is -0.497 e. The summed E-state index contributed by atoms with van der Waals surface area (Å²) in [5.41, 5.74) is 5.45. The third-order valence-corrected chi connectivity index (χ3v) is 5.96. The van der Waals surface area contributed by atoms with E-state index in [2.05, 4.69) is 60.0 Å². The predicted octanol–water partition coefficient (Wildman–Crippen LogP) is 7.48.